The summed E-state index contributed by atoms with van der Waals surface area (Å²) < 4.78 is 15.9. The fraction of sp³-hybridized carbons (Fsp3) is 0.500. The Morgan fingerprint density at radius 1 is 1.33 bits per heavy atom. The van der Waals surface area contributed by atoms with Gasteiger partial charge in [-0.25, -0.2) is 4.39 Å². The summed E-state index contributed by atoms with van der Waals surface area (Å²) in [7, 11) is 0. The van der Waals surface area contributed by atoms with Gasteiger partial charge < -0.3 is 9.55 Å². The van der Waals surface area contributed by atoms with Crippen molar-refractivity contribution >= 4 is 23.3 Å². The zero-order valence-electron chi connectivity index (χ0n) is 10.3. The molecular weight excluding hydrogens is 247 g/mol. The molecule has 1 saturated carbocycles. The molecule has 0 bridgehead atoms. The number of halogens is 1. The number of imidazole rings is 1. The quantitative estimate of drug-likeness (QED) is 0.814. The Labute approximate surface area is 111 Å². The summed E-state index contributed by atoms with van der Waals surface area (Å²) in [5, 5.41) is 0. The van der Waals surface area contributed by atoms with Crippen LogP contribution in [0.25, 0.3) is 11.0 Å². The summed E-state index contributed by atoms with van der Waals surface area (Å²) in [5.74, 6) is 0.624. The van der Waals surface area contributed by atoms with Crippen LogP contribution in [-0.4, -0.2) is 9.55 Å². The molecule has 1 aromatic heterocycles. The van der Waals surface area contributed by atoms with Crippen molar-refractivity contribution in [3.8, 4) is 0 Å². The first-order valence-electron chi connectivity index (χ1n) is 6.62. The molecule has 0 unspecified atom stereocenters. The molecule has 1 N–H and O–H groups in total. The molecule has 0 amide bonds. The van der Waals surface area contributed by atoms with E-state index in [1.807, 2.05) is 6.07 Å². The fourth-order valence-corrected chi connectivity index (χ4v) is 3.27. The van der Waals surface area contributed by atoms with E-state index in [1.165, 1.54) is 44.2 Å². The van der Waals surface area contributed by atoms with Crippen molar-refractivity contribution in [2.24, 2.45) is 5.92 Å². The second-order valence-corrected chi connectivity index (χ2v) is 5.57. The Morgan fingerprint density at radius 3 is 2.89 bits per heavy atom. The SMILES string of the molecule is Fc1ccc2c(c1)[nH]c(=S)n2CCC1CCCC1. The summed E-state index contributed by atoms with van der Waals surface area (Å²) in [6.07, 6.45) is 6.62. The molecular formula is C14H17FN2S. The van der Waals surface area contributed by atoms with Gasteiger partial charge in [0.15, 0.2) is 4.77 Å². The lowest BCUT2D eigenvalue weighted by atomic mass is 10.0. The van der Waals surface area contributed by atoms with E-state index in [0.717, 1.165) is 23.5 Å². The maximum atomic E-state index is 13.1. The zero-order chi connectivity index (χ0) is 12.5. The first-order chi connectivity index (χ1) is 8.74. The smallest absolute Gasteiger partial charge is 0.178 e. The number of nitrogens with zero attached hydrogens (tertiary/aromatic N) is 1. The second kappa shape index (κ2) is 4.84. The van der Waals surface area contributed by atoms with Crippen LogP contribution < -0.4 is 0 Å². The van der Waals surface area contributed by atoms with Crippen molar-refractivity contribution in [2.45, 2.75) is 38.6 Å². The lowest BCUT2D eigenvalue weighted by molar-refractivity contribution is 0.460. The number of aromatic nitrogens is 2. The van der Waals surface area contributed by atoms with Gasteiger partial charge >= 0.3 is 0 Å². The van der Waals surface area contributed by atoms with Crippen molar-refractivity contribution < 1.29 is 4.39 Å². The Balaban J connectivity index is 1.86. The Morgan fingerprint density at radius 2 is 2.11 bits per heavy atom. The number of fused-ring (bicyclic) bond motifs is 1. The van der Waals surface area contributed by atoms with Gasteiger partial charge in [-0.15, -0.1) is 0 Å². The van der Waals surface area contributed by atoms with Crippen LogP contribution in [0.3, 0.4) is 0 Å². The zero-order valence-corrected chi connectivity index (χ0v) is 11.1. The molecule has 0 saturated heterocycles. The standard InChI is InChI=1S/C14H17FN2S/c15-11-5-6-13-12(9-11)16-14(18)17(13)8-7-10-3-1-2-4-10/h5-6,9-10H,1-4,7-8H2,(H,16,18). The van der Waals surface area contributed by atoms with E-state index in [-0.39, 0.29) is 5.82 Å². The van der Waals surface area contributed by atoms with Crippen LogP contribution in [0.4, 0.5) is 4.39 Å². The van der Waals surface area contributed by atoms with E-state index in [0.29, 0.717) is 4.77 Å². The number of H-pyrrole nitrogens is 1. The lowest BCUT2D eigenvalue weighted by Gasteiger charge is -2.10. The van der Waals surface area contributed by atoms with Crippen molar-refractivity contribution in [1.29, 1.82) is 0 Å². The first-order valence-corrected chi connectivity index (χ1v) is 7.03. The van der Waals surface area contributed by atoms with E-state index in [2.05, 4.69) is 9.55 Å². The Kier molecular flexibility index (Phi) is 3.20. The molecule has 1 heterocycles. The molecule has 18 heavy (non-hydrogen) atoms. The topological polar surface area (TPSA) is 20.7 Å². The number of hydrogen-bond acceptors (Lipinski definition) is 1. The van der Waals surface area contributed by atoms with Gasteiger partial charge in [0.1, 0.15) is 5.82 Å². The van der Waals surface area contributed by atoms with Gasteiger partial charge in [-0.1, -0.05) is 25.7 Å². The van der Waals surface area contributed by atoms with E-state index in [9.17, 15) is 4.39 Å². The van der Waals surface area contributed by atoms with Crippen molar-refractivity contribution in [3.05, 3.63) is 28.8 Å². The van der Waals surface area contributed by atoms with Gasteiger partial charge in [-0.2, -0.15) is 0 Å². The van der Waals surface area contributed by atoms with Gasteiger partial charge in [0.2, 0.25) is 0 Å². The van der Waals surface area contributed by atoms with E-state index in [1.54, 1.807) is 0 Å². The minimum absolute atomic E-state index is 0.221. The van der Waals surface area contributed by atoms with Gasteiger partial charge in [0.05, 0.1) is 11.0 Å². The van der Waals surface area contributed by atoms with Gasteiger partial charge in [-0.05, 0) is 42.8 Å². The van der Waals surface area contributed by atoms with E-state index >= 15 is 0 Å². The normalized spacial score (nSPS) is 16.7. The highest BCUT2D eigenvalue weighted by atomic mass is 32.1. The third-order valence-corrected chi connectivity index (χ3v) is 4.29. The highest BCUT2D eigenvalue weighted by Gasteiger charge is 2.15. The number of hydrogen-bond donors (Lipinski definition) is 1. The van der Waals surface area contributed by atoms with Crippen molar-refractivity contribution in [1.82, 2.24) is 9.55 Å². The fourth-order valence-electron chi connectivity index (χ4n) is 2.97. The molecule has 4 heteroatoms. The first kappa shape index (κ1) is 11.9. The van der Waals surface area contributed by atoms with E-state index in [4.69, 9.17) is 12.2 Å². The molecule has 2 aromatic rings. The van der Waals surface area contributed by atoms with Gasteiger partial charge in [-0.3, -0.25) is 0 Å². The molecule has 0 atom stereocenters. The van der Waals surface area contributed by atoms with Crippen LogP contribution in [0.2, 0.25) is 0 Å². The monoisotopic (exact) mass is 264 g/mol. The Bertz CT molecular complexity index is 608. The molecule has 0 spiro atoms. The van der Waals surface area contributed by atoms with E-state index < -0.39 is 0 Å². The Hall–Kier alpha value is -1.16. The van der Waals surface area contributed by atoms with Gasteiger partial charge in [0, 0.05) is 6.54 Å². The average Bonchev–Trinajstić information content (AvgIpc) is 2.93. The number of aromatic amines is 1. The minimum atomic E-state index is -0.221. The number of benzene rings is 1. The van der Waals surface area contributed by atoms with Crippen LogP contribution in [0, 0.1) is 16.5 Å². The number of nitrogens with one attached hydrogen (secondary N) is 1. The average molecular weight is 264 g/mol. The van der Waals surface area contributed by atoms with Crippen LogP contribution in [0.5, 0.6) is 0 Å². The van der Waals surface area contributed by atoms with Crippen LogP contribution >= 0.6 is 12.2 Å². The summed E-state index contributed by atoms with van der Waals surface area (Å²) in [6, 6.07) is 4.82. The molecule has 2 nitrogen and oxygen atoms in total. The summed E-state index contributed by atoms with van der Waals surface area (Å²) in [5.41, 5.74) is 1.81. The molecule has 1 aliphatic carbocycles. The van der Waals surface area contributed by atoms with Crippen LogP contribution in [-0.2, 0) is 6.54 Å². The van der Waals surface area contributed by atoms with Crippen LogP contribution in [0.1, 0.15) is 32.1 Å². The maximum absolute atomic E-state index is 13.1. The number of aryl methyl sites for hydroxylation is 1. The summed E-state index contributed by atoms with van der Waals surface area (Å²) in [6.45, 7) is 0.940. The molecule has 96 valence electrons. The van der Waals surface area contributed by atoms with Gasteiger partial charge in [0.25, 0.3) is 0 Å². The lowest BCUT2D eigenvalue weighted by Crippen LogP contribution is -2.03. The molecule has 1 fully saturated rings. The van der Waals surface area contributed by atoms with Crippen LogP contribution in [0.15, 0.2) is 18.2 Å². The second-order valence-electron chi connectivity index (χ2n) is 5.18. The third kappa shape index (κ3) is 2.21. The minimum Gasteiger partial charge on any atom is -0.330 e. The molecule has 0 aliphatic heterocycles. The molecule has 3 rings (SSSR count). The highest BCUT2D eigenvalue weighted by Crippen LogP contribution is 2.28. The molecule has 1 aliphatic rings. The maximum Gasteiger partial charge on any atom is 0.178 e. The highest BCUT2D eigenvalue weighted by molar-refractivity contribution is 7.71. The molecule has 0 radical (unpaired) electrons. The van der Waals surface area contributed by atoms with Crippen molar-refractivity contribution in [2.75, 3.05) is 0 Å². The predicted octanol–water partition coefficient (Wildman–Crippen LogP) is 4.42. The van der Waals surface area contributed by atoms with Crippen molar-refractivity contribution in [3.63, 3.8) is 0 Å². The predicted molar refractivity (Wildman–Crippen MR) is 73.7 cm³/mol. The third-order valence-electron chi connectivity index (χ3n) is 3.97. The molecule has 1 aromatic carbocycles. The largest absolute Gasteiger partial charge is 0.330 e. The number of rotatable bonds is 3. The summed E-state index contributed by atoms with van der Waals surface area (Å²) >= 11 is 5.32. The summed E-state index contributed by atoms with van der Waals surface area (Å²) in [4.78, 5) is 3.08.